The van der Waals surface area contributed by atoms with Crippen molar-refractivity contribution in [3.8, 4) is 0 Å². The number of hydrogen-bond donors (Lipinski definition) is 0. The molecule has 3 unspecified atom stereocenters. The minimum atomic E-state index is -0.620. The lowest BCUT2D eigenvalue weighted by Gasteiger charge is -2.38. The van der Waals surface area contributed by atoms with Crippen LogP contribution in [-0.4, -0.2) is 36.2 Å². The van der Waals surface area contributed by atoms with Crippen LogP contribution in [0.3, 0.4) is 0 Å². The fraction of sp³-hybridized carbons (Fsp3) is 0.630. The highest BCUT2D eigenvalue weighted by Gasteiger charge is 2.62. The summed E-state index contributed by atoms with van der Waals surface area (Å²) in [5, 5.41) is 0. The number of Topliss-reactive ketones (excluding diaryl/α,β-unsaturated/α-hetero) is 2. The fourth-order valence-corrected chi connectivity index (χ4v) is 6.08. The van der Waals surface area contributed by atoms with Crippen molar-refractivity contribution < 1.29 is 28.7 Å². The van der Waals surface area contributed by atoms with Gasteiger partial charge in [-0.05, 0) is 62.7 Å². The Hall–Kier alpha value is -2.50. The number of carbonyl (C=O) groups excluding carboxylic acids is 4. The zero-order valence-corrected chi connectivity index (χ0v) is 20.1. The summed E-state index contributed by atoms with van der Waals surface area (Å²) in [4.78, 5) is 46.2. The number of hydrogen-bond acceptors (Lipinski definition) is 6. The van der Waals surface area contributed by atoms with Crippen molar-refractivity contribution >= 4 is 23.5 Å². The lowest BCUT2D eigenvalue weighted by molar-refractivity contribution is -0.150. The van der Waals surface area contributed by atoms with E-state index in [2.05, 4.69) is 33.9 Å². The van der Waals surface area contributed by atoms with Gasteiger partial charge >= 0.3 is 11.9 Å². The van der Waals surface area contributed by atoms with E-state index >= 15 is 0 Å². The van der Waals surface area contributed by atoms with Crippen LogP contribution in [0.2, 0.25) is 0 Å². The third kappa shape index (κ3) is 4.62. The average molecular weight is 457 g/mol. The van der Waals surface area contributed by atoms with Gasteiger partial charge < -0.3 is 9.47 Å². The Morgan fingerprint density at radius 2 is 1.58 bits per heavy atom. The lowest BCUT2D eigenvalue weighted by Crippen LogP contribution is -2.38. The summed E-state index contributed by atoms with van der Waals surface area (Å²) in [7, 11) is 0. The van der Waals surface area contributed by atoms with Gasteiger partial charge in [0.15, 0.2) is 11.6 Å². The van der Waals surface area contributed by atoms with E-state index in [0.717, 1.165) is 49.3 Å². The SMILES string of the molecule is C=CC(=O)OC1CC2CCC1(C)C2(C)C.C=CC(=O)OCCC1C(=O)C2=C(CCCC2)C1=O. The highest BCUT2D eigenvalue weighted by atomic mass is 16.5. The first kappa shape index (κ1) is 25.1. The first-order valence-corrected chi connectivity index (χ1v) is 12.0. The summed E-state index contributed by atoms with van der Waals surface area (Å²) in [6.45, 7) is 13.7. The number of rotatable bonds is 6. The Morgan fingerprint density at radius 1 is 1.00 bits per heavy atom. The van der Waals surface area contributed by atoms with Gasteiger partial charge in [-0.3, -0.25) is 9.59 Å². The second kappa shape index (κ2) is 9.78. The molecule has 0 aliphatic heterocycles. The fourth-order valence-electron chi connectivity index (χ4n) is 6.08. The maximum absolute atomic E-state index is 12.1. The summed E-state index contributed by atoms with van der Waals surface area (Å²) in [6.07, 6.45) is 9.62. The molecule has 6 heteroatoms. The Labute approximate surface area is 196 Å². The number of allylic oxidation sites excluding steroid dienone is 2. The molecule has 0 spiro atoms. The molecule has 0 heterocycles. The molecule has 0 N–H and O–H groups in total. The summed E-state index contributed by atoms with van der Waals surface area (Å²) < 4.78 is 10.3. The molecule has 4 aliphatic carbocycles. The predicted molar refractivity (Wildman–Crippen MR) is 124 cm³/mol. The Balaban J connectivity index is 0.000000189. The molecule has 33 heavy (non-hydrogen) atoms. The molecule has 2 bridgehead atoms. The molecular weight excluding hydrogens is 420 g/mol. The lowest BCUT2D eigenvalue weighted by atomic mass is 9.70. The zero-order valence-electron chi connectivity index (χ0n) is 20.1. The standard InChI is InChI=1S/C14H16O4.C13H20O2/c1-2-12(15)18-8-7-11-13(16)9-5-3-4-6-10(9)14(11)17;1-5-11(14)15-10-8-9-6-7-13(10,4)12(9,2)3/h2,11H,1,3-8H2;5,9-10H,1,6-8H2,2-4H3. The topological polar surface area (TPSA) is 86.7 Å². The molecule has 0 amide bonds. The molecule has 180 valence electrons. The first-order valence-electron chi connectivity index (χ1n) is 12.0. The zero-order chi connectivity index (χ0) is 24.4. The van der Waals surface area contributed by atoms with Crippen molar-refractivity contribution in [2.45, 2.75) is 78.2 Å². The van der Waals surface area contributed by atoms with Crippen LogP contribution in [0.5, 0.6) is 0 Å². The minimum Gasteiger partial charge on any atom is -0.463 e. The van der Waals surface area contributed by atoms with Crippen LogP contribution in [0.1, 0.15) is 72.1 Å². The van der Waals surface area contributed by atoms with Crippen molar-refractivity contribution in [3.05, 3.63) is 36.5 Å². The van der Waals surface area contributed by atoms with E-state index in [-0.39, 0.29) is 42.1 Å². The first-order chi connectivity index (χ1) is 15.6. The van der Waals surface area contributed by atoms with Crippen LogP contribution in [0.4, 0.5) is 0 Å². The number of ether oxygens (including phenoxy) is 2. The number of carbonyl (C=O) groups is 4. The Kier molecular flexibility index (Phi) is 7.45. The van der Waals surface area contributed by atoms with Gasteiger partial charge in [-0.1, -0.05) is 33.9 Å². The molecule has 0 aromatic carbocycles. The molecule has 0 radical (unpaired) electrons. The van der Waals surface area contributed by atoms with Gasteiger partial charge in [0.25, 0.3) is 0 Å². The third-order valence-electron chi connectivity index (χ3n) is 8.65. The van der Waals surface area contributed by atoms with Crippen molar-refractivity contribution in [1.82, 2.24) is 0 Å². The smallest absolute Gasteiger partial charge is 0.330 e. The van der Waals surface area contributed by atoms with Gasteiger partial charge in [-0.2, -0.15) is 0 Å². The van der Waals surface area contributed by atoms with E-state index in [1.807, 2.05) is 0 Å². The summed E-state index contributed by atoms with van der Waals surface area (Å²) in [6, 6.07) is 0. The van der Waals surface area contributed by atoms with Crippen molar-refractivity contribution in [1.29, 1.82) is 0 Å². The Bertz CT molecular complexity index is 866. The maximum atomic E-state index is 12.1. The van der Waals surface area contributed by atoms with Gasteiger partial charge in [-0.15, -0.1) is 0 Å². The molecule has 2 saturated carbocycles. The third-order valence-corrected chi connectivity index (χ3v) is 8.65. The predicted octanol–water partition coefficient (Wildman–Crippen LogP) is 4.67. The highest BCUT2D eigenvalue weighted by Crippen LogP contribution is 2.66. The van der Waals surface area contributed by atoms with Crippen LogP contribution in [0.25, 0.3) is 0 Å². The van der Waals surface area contributed by atoms with E-state index in [1.54, 1.807) is 0 Å². The second-order valence-corrected chi connectivity index (χ2v) is 10.3. The second-order valence-electron chi connectivity index (χ2n) is 10.3. The van der Waals surface area contributed by atoms with Gasteiger partial charge in [0.1, 0.15) is 6.10 Å². The maximum Gasteiger partial charge on any atom is 0.330 e. The van der Waals surface area contributed by atoms with Crippen LogP contribution >= 0.6 is 0 Å². The van der Waals surface area contributed by atoms with Gasteiger partial charge in [-0.25, -0.2) is 9.59 Å². The average Bonchev–Trinajstić information content (AvgIpc) is 3.26. The van der Waals surface area contributed by atoms with Gasteiger partial charge in [0, 0.05) is 28.7 Å². The molecule has 4 aliphatic rings. The van der Waals surface area contributed by atoms with Gasteiger partial charge in [0.05, 0.1) is 12.5 Å². The molecule has 0 aromatic heterocycles. The van der Waals surface area contributed by atoms with Crippen molar-refractivity contribution in [2.75, 3.05) is 6.61 Å². The monoisotopic (exact) mass is 456 g/mol. The van der Waals surface area contributed by atoms with E-state index in [9.17, 15) is 19.2 Å². The van der Waals surface area contributed by atoms with Crippen molar-refractivity contribution in [2.24, 2.45) is 22.7 Å². The Morgan fingerprint density at radius 3 is 2.03 bits per heavy atom. The summed E-state index contributed by atoms with van der Waals surface area (Å²) in [5.74, 6) is -0.806. The molecule has 4 rings (SSSR count). The minimum absolute atomic E-state index is 0.0515. The normalized spacial score (nSPS) is 29.8. The highest BCUT2D eigenvalue weighted by molar-refractivity contribution is 6.24. The van der Waals surface area contributed by atoms with Crippen LogP contribution in [0.15, 0.2) is 36.5 Å². The molecule has 0 saturated heterocycles. The van der Waals surface area contributed by atoms with Crippen LogP contribution in [0, 0.1) is 22.7 Å². The number of ketones is 2. The van der Waals surface area contributed by atoms with E-state index in [0.29, 0.717) is 11.3 Å². The number of esters is 2. The van der Waals surface area contributed by atoms with Crippen LogP contribution < -0.4 is 0 Å². The molecular formula is C27H36O6. The summed E-state index contributed by atoms with van der Waals surface area (Å²) in [5.41, 5.74) is 1.92. The quantitative estimate of drug-likeness (QED) is 0.328. The van der Waals surface area contributed by atoms with E-state index < -0.39 is 11.9 Å². The largest absolute Gasteiger partial charge is 0.463 e. The molecule has 2 fully saturated rings. The molecule has 3 atom stereocenters. The summed E-state index contributed by atoms with van der Waals surface area (Å²) >= 11 is 0. The molecule has 6 nitrogen and oxygen atoms in total. The van der Waals surface area contributed by atoms with Crippen molar-refractivity contribution in [3.63, 3.8) is 0 Å². The number of fused-ring (bicyclic) bond motifs is 2. The molecule has 0 aromatic rings. The van der Waals surface area contributed by atoms with E-state index in [4.69, 9.17) is 9.47 Å². The van der Waals surface area contributed by atoms with Gasteiger partial charge in [0.2, 0.25) is 0 Å². The van der Waals surface area contributed by atoms with Crippen LogP contribution in [-0.2, 0) is 28.7 Å². The van der Waals surface area contributed by atoms with E-state index in [1.165, 1.54) is 18.9 Å².